The summed E-state index contributed by atoms with van der Waals surface area (Å²) in [7, 11) is 1.86. The van der Waals surface area contributed by atoms with Gasteiger partial charge >= 0.3 is 0 Å². The maximum absolute atomic E-state index is 14.0. The predicted molar refractivity (Wildman–Crippen MR) is 131 cm³/mol. The Morgan fingerprint density at radius 2 is 1.70 bits per heavy atom. The SMILES string of the molecule is CN1C(=O)C2=C(Nc3ccccc3N(C(=O)Cc3ccccc3)C2C2CCNCC2)C1(C)C. The first-order valence-corrected chi connectivity index (χ1v) is 11.8. The summed E-state index contributed by atoms with van der Waals surface area (Å²) in [5.74, 6) is 0.236. The number of fused-ring (bicyclic) bond motifs is 1. The molecule has 1 fully saturated rings. The zero-order chi connectivity index (χ0) is 23.2. The van der Waals surface area contributed by atoms with Crippen LogP contribution < -0.4 is 15.5 Å². The van der Waals surface area contributed by atoms with Gasteiger partial charge in [-0.2, -0.15) is 0 Å². The summed E-state index contributed by atoms with van der Waals surface area (Å²) in [5.41, 5.74) is 3.88. The molecule has 1 unspecified atom stereocenters. The lowest BCUT2D eigenvalue weighted by Gasteiger charge is -2.39. The molecule has 2 aromatic rings. The van der Waals surface area contributed by atoms with Crippen molar-refractivity contribution >= 4 is 23.2 Å². The van der Waals surface area contributed by atoms with Gasteiger partial charge in [0.15, 0.2) is 0 Å². The Bertz CT molecular complexity index is 1100. The second-order valence-electron chi connectivity index (χ2n) is 9.81. The number of nitrogens with zero attached hydrogens (tertiary/aromatic N) is 2. The average molecular weight is 445 g/mol. The van der Waals surface area contributed by atoms with E-state index in [9.17, 15) is 9.59 Å². The van der Waals surface area contributed by atoms with Gasteiger partial charge in [-0.3, -0.25) is 9.59 Å². The standard InChI is InChI=1S/C27H32N4O2/c1-27(2)25-23(26(33)30(27)3)24(19-13-15-28-16-14-19)31(21-12-8-7-11-20(21)29-25)22(32)17-18-9-5-4-6-10-18/h4-12,19,24,28-29H,13-17H2,1-3H3. The number of benzene rings is 2. The molecule has 33 heavy (non-hydrogen) atoms. The molecular formula is C27H32N4O2. The summed E-state index contributed by atoms with van der Waals surface area (Å²) in [6.07, 6.45) is 2.15. The summed E-state index contributed by atoms with van der Waals surface area (Å²) in [6, 6.07) is 17.5. The van der Waals surface area contributed by atoms with E-state index in [1.807, 2.05) is 71.4 Å². The summed E-state index contributed by atoms with van der Waals surface area (Å²) in [6.45, 7) is 5.94. The predicted octanol–water partition coefficient (Wildman–Crippen LogP) is 3.56. The van der Waals surface area contributed by atoms with E-state index in [4.69, 9.17) is 0 Å². The normalized spacial score (nSPS) is 22.5. The lowest BCUT2D eigenvalue weighted by atomic mass is 9.83. The van der Waals surface area contributed by atoms with Gasteiger partial charge in [0.1, 0.15) is 0 Å². The fourth-order valence-corrected chi connectivity index (χ4v) is 5.49. The smallest absolute Gasteiger partial charge is 0.254 e. The van der Waals surface area contributed by atoms with E-state index in [0.717, 1.165) is 54.1 Å². The highest BCUT2D eigenvalue weighted by Crippen LogP contribution is 2.46. The fourth-order valence-electron chi connectivity index (χ4n) is 5.49. The molecule has 3 aliphatic rings. The van der Waals surface area contributed by atoms with Gasteiger partial charge in [-0.1, -0.05) is 42.5 Å². The van der Waals surface area contributed by atoms with Gasteiger partial charge in [-0.05, 0) is 63.4 Å². The van der Waals surface area contributed by atoms with E-state index in [2.05, 4.69) is 24.5 Å². The first-order valence-electron chi connectivity index (χ1n) is 11.8. The van der Waals surface area contributed by atoms with Crippen molar-refractivity contribution in [2.75, 3.05) is 30.4 Å². The minimum atomic E-state index is -0.483. The Morgan fingerprint density at radius 3 is 2.42 bits per heavy atom. The second kappa shape index (κ2) is 8.34. The summed E-state index contributed by atoms with van der Waals surface area (Å²) < 4.78 is 0. The number of hydrogen-bond donors (Lipinski definition) is 2. The first kappa shape index (κ1) is 21.7. The van der Waals surface area contributed by atoms with Gasteiger partial charge in [-0.25, -0.2) is 0 Å². The van der Waals surface area contributed by atoms with Crippen LogP contribution in [0.15, 0.2) is 65.9 Å². The summed E-state index contributed by atoms with van der Waals surface area (Å²) >= 11 is 0. The molecule has 3 heterocycles. The molecule has 0 spiro atoms. The minimum absolute atomic E-state index is 0.0105. The highest BCUT2D eigenvalue weighted by atomic mass is 16.2. The van der Waals surface area contributed by atoms with Crippen LogP contribution in [-0.4, -0.2) is 48.4 Å². The second-order valence-corrected chi connectivity index (χ2v) is 9.81. The number of carbonyl (C=O) groups is 2. The van der Waals surface area contributed by atoms with Crippen molar-refractivity contribution in [2.45, 2.75) is 44.7 Å². The molecule has 2 amide bonds. The van der Waals surface area contributed by atoms with Crippen molar-refractivity contribution < 1.29 is 9.59 Å². The lowest BCUT2D eigenvalue weighted by Crippen LogP contribution is -2.51. The van der Waals surface area contributed by atoms with Gasteiger partial charge in [0.2, 0.25) is 5.91 Å². The lowest BCUT2D eigenvalue weighted by molar-refractivity contribution is -0.127. The Labute approximate surface area is 195 Å². The molecule has 2 N–H and O–H groups in total. The van der Waals surface area contributed by atoms with Crippen molar-refractivity contribution in [2.24, 2.45) is 5.92 Å². The molecule has 6 nitrogen and oxygen atoms in total. The number of carbonyl (C=O) groups excluding carboxylic acids is 2. The minimum Gasteiger partial charge on any atom is -0.355 e. The van der Waals surface area contributed by atoms with Crippen LogP contribution in [0.5, 0.6) is 0 Å². The molecule has 172 valence electrons. The van der Waals surface area contributed by atoms with Crippen molar-refractivity contribution in [1.29, 1.82) is 0 Å². The zero-order valence-electron chi connectivity index (χ0n) is 19.6. The maximum Gasteiger partial charge on any atom is 0.254 e. The van der Waals surface area contributed by atoms with E-state index >= 15 is 0 Å². The zero-order valence-corrected chi connectivity index (χ0v) is 19.6. The number of rotatable bonds is 3. The molecule has 6 heteroatoms. The Hall–Kier alpha value is -3.12. The van der Waals surface area contributed by atoms with Gasteiger partial charge in [0.05, 0.1) is 40.6 Å². The van der Waals surface area contributed by atoms with Crippen LogP contribution in [0.25, 0.3) is 0 Å². The number of para-hydroxylation sites is 2. The highest BCUT2D eigenvalue weighted by Gasteiger charge is 2.51. The van der Waals surface area contributed by atoms with Gasteiger partial charge in [-0.15, -0.1) is 0 Å². The topological polar surface area (TPSA) is 64.7 Å². The number of nitrogens with one attached hydrogen (secondary N) is 2. The number of hydrogen-bond acceptors (Lipinski definition) is 4. The fraction of sp³-hybridized carbons (Fsp3) is 0.407. The van der Waals surface area contributed by atoms with Gasteiger partial charge in [0.25, 0.3) is 5.91 Å². The third kappa shape index (κ3) is 3.62. The van der Waals surface area contributed by atoms with Crippen molar-refractivity contribution in [3.63, 3.8) is 0 Å². The number of anilines is 2. The average Bonchev–Trinajstić information content (AvgIpc) is 2.95. The van der Waals surface area contributed by atoms with Crippen molar-refractivity contribution in [3.05, 3.63) is 71.4 Å². The molecule has 2 aromatic carbocycles. The van der Waals surface area contributed by atoms with Crippen LogP contribution in [0.3, 0.4) is 0 Å². The number of amides is 2. The Kier molecular flexibility index (Phi) is 5.49. The van der Waals surface area contributed by atoms with E-state index in [-0.39, 0.29) is 23.8 Å². The van der Waals surface area contributed by atoms with Crippen LogP contribution >= 0.6 is 0 Å². The summed E-state index contributed by atoms with van der Waals surface area (Å²) in [4.78, 5) is 31.5. The molecule has 3 aliphatic heterocycles. The summed E-state index contributed by atoms with van der Waals surface area (Å²) in [5, 5.41) is 7.04. The molecule has 0 bridgehead atoms. The number of likely N-dealkylation sites (N-methyl/N-ethyl adjacent to an activating group) is 1. The van der Waals surface area contributed by atoms with Crippen molar-refractivity contribution in [1.82, 2.24) is 10.2 Å². The van der Waals surface area contributed by atoms with Crippen LogP contribution in [0, 0.1) is 5.92 Å². The third-order valence-corrected chi connectivity index (χ3v) is 7.55. The molecular weight excluding hydrogens is 412 g/mol. The molecule has 1 saturated heterocycles. The highest BCUT2D eigenvalue weighted by molar-refractivity contribution is 6.07. The van der Waals surface area contributed by atoms with Gasteiger partial charge < -0.3 is 20.4 Å². The molecule has 0 aliphatic carbocycles. The molecule has 0 radical (unpaired) electrons. The molecule has 1 atom stereocenters. The Morgan fingerprint density at radius 1 is 1.03 bits per heavy atom. The van der Waals surface area contributed by atoms with Crippen LogP contribution in [0.4, 0.5) is 11.4 Å². The molecule has 0 saturated carbocycles. The van der Waals surface area contributed by atoms with Crippen LogP contribution in [-0.2, 0) is 16.0 Å². The van der Waals surface area contributed by atoms with E-state index in [1.165, 1.54) is 0 Å². The monoisotopic (exact) mass is 444 g/mol. The largest absolute Gasteiger partial charge is 0.355 e. The van der Waals surface area contributed by atoms with Crippen LogP contribution in [0.2, 0.25) is 0 Å². The van der Waals surface area contributed by atoms with Crippen molar-refractivity contribution in [3.8, 4) is 0 Å². The van der Waals surface area contributed by atoms with E-state index < -0.39 is 5.54 Å². The molecule has 5 rings (SSSR count). The third-order valence-electron chi connectivity index (χ3n) is 7.55. The molecule has 0 aromatic heterocycles. The quantitative estimate of drug-likeness (QED) is 0.760. The van der Waals surface area contributed by atoms with Crippen LogP contribution in [0.1, 0.15) is 32.3 Å². The van der Waals surface area contributed by atoms with Gasteiger partial charge in [0, 0.05) is 7.05 Å². The van der Waals surface area contributed by atoms with E-state index in [0.29, 0.717) is 6.42 Å². The van der Waals surface area contributed by atoms with E-state index in [1.54, 1.807) is 0 Å². The Balaban J connectivity index is 1.69. The number of piperidine rings is 1. The first-order chi connectivity index (χ1) is 15.9. The maximum atomic E-state index is 14.0.